The number of benzene rings is 3. The third-order valence-electron chi connectivity index (χ3n) is 4.99. The molecule has 0 amide bonds. The van der Waals surface area contributed by atoms with E-state index in [0.29, 0.717) is 16.5 Å². The monoisotopic (exact) mass is 549 g/mol. The summed E-state index contributed by atoms with van der Waals surface area (Å²) < 4.78 is 106. The quantitative estimate of drug-likeness (QED) is 0.250. The highest BCUT2D eigenvalue weighted by atomic mass is 32.2. The molecule has 0 spiro atoms. The summed E-state index contributed by atoms with van der Waals surface area (Å²) in [5, 5.41) is 9.19. The zero-order valence-corrected chi connectivity index (χ0v) is 19.9. The smallest absolute Gasteiger partial charge is 0.416 e. The Labute approximate surface area is 206 Å². The summed E-state index contributed by atoms with van der Waals surface area (Å²) in [6, 6.07) is 10.6. The Bertz CT molecular complexity index is 1390. The number of nitrogens with one attached hydrogen (secondary N) is 1. The number of sulfonamides is 1. The number of anilines is 1. The minimum absolute atomic E-state index is 0.0780. The first-order valence-electron chi connectivity index (χ1n) is 9.95. The molecule has 0 radical (unpaired) electrons. The van der Waals surface area contributed by atoms with Gasteiger partial charge in [0.25, 0.3) is 10.0 Å². The van der Waals surface area contributed by atoms with E-state index >= 15 is 0 Å². The van der Waals surface area contributed by atoms with Crippen LogP contribution in [-0.2, 0) is 28.1 Å². The van der Waals surface area contributed by atoms with Crippen LogP contribution in [0, 0.1) is 6.92 Å². The molecule has 0 fully saturated rings. The lowest BCUT2D eigenvalue weighted by molar-refractivity contribution is -0.143. The molecule has 0 aliphatic heterocycles. The van der Waals surface area contributed by atoms with Crippen LogP contribution in [-0.4, -0.2) is 19.5 Å². The standard InChI is InChI=1S/C23H17F6NO4S2/c1-13-2-9-18(11-19(13)21(31)32)36(33,34)30-16-5-7-17(8-6-16)35-12-14-3-4-15(22(24,25)26)10-20(14)23(27,28)29/h2-11,30H,12H2,1H3,(H,31,32). The van der Waals surface area contributed by atoms with Crippen molar-refractivity contribution in [2.45, 2.75) is 34.8 Å². The number of carboxylic acids is 1. The molecule has 0 aromatic heterocycles. The second-order valence-corrected chi connectivity index (χ2v) is 10.3. The molecule has 3 rings (SSSR count). The summed E-state index contributed by atoms with van der Waals surface area (Å²) in [6.07, 6.45) is -9.89. The summed E-state index contributed by atoms with van der Waals surface area (Å²) in [5.41, 5.74) is -2.80. The molecule has 3 aromatic rings. The van der Waals surface area contributed by atoms with Crippen molar-refractivity contribution >= 4 is 33.4 Å². The highest BCUT2D eigenvalue weighted by Gasteiger charge is 2.38. The number of hydrogen-bond donors (Lipinski definition) is 2. The maximum Gasteiger partial charge on any atom is 0.416 e. The molecule has 0 aliphatic rings. The highest BCUT2D eigenvalue weighted by Crippen LogP contribution is 2.39. The van der Waals surface area contributed by atoms with Gasteiger partial charge in [-0.1, -0.05) is 12.1 Å². The fourth-order valence-corrected chi connectivity index (χ4v) is 5.12. The zero-order chi connectivity index (χ0) is 26.9. The first-order chi connectivity index (χ1) is 16.6. The van der Waals surface area contributed by atoms with Crippen molar-refractivity contribution in [3.63, 3.8) is 0 Å². The van der Waals surface area contributed by atoms with Gasteiger partial charge < -0.3 is 5.11 Å². The fourth-order valence-electron chi connectivity index (χ4n) is 3.14. The molecule has 0 heterocycles. The lowest BCUT2D eigenvalue weighted by Crippen LogP contribution is -2.14. The van der Waals surface area contributed by atoms with Gasteiger partial charge in [0, 0.05) is 16.3 Å². The van der Waals surface area contributed by atoms with Crippen molar-refractivity contribution in [1.82, 2.24) is 0 Å². The van der Waals surface area contributed by atoms with Crippen molar-refractivity contribution in [2.24, 2.45) is 0 Å². The van der Waals surface area contributed by atoms with E-state index in [9.17, 15) is 44.7 Å². The molecule has 2 N–H and O–H groups in total. The van der Waals surface area contributed by atoms with E-state index in [1.54, 1.807) is 0 Å². The van der Waals surface area contributed by atoms with Gasteiger partial charge in [-0.3, -0.25) is 4.72 Å². The third kappa shape index (κ3) is 6.52. The largest absolute Gasteiger partial charge is 0.478 e. The van der Waals surface area contributed by atoms with Crippen LogP contribution >= 0.6 is 11.8 Å². The Hall–Kier alpha value is -3.19. The first kappa shape index (κ1) is 27.4. The number of rotatable bonds is 7. The Kier molecular flexibility index (Phi) is 7.65. The zero-order valence-electron chi connectivity index (χ0n) is 18.2. The van der Waals surface area contributed by atoms with Crippen LogP contribution in [0.15, 0.2) is 70.5 Å². The summed E-state index contributed by atoms with van der Waals surface area (Å²) in [5.74, 6) is -1.56. The average molecular weight is 550 g/mol. The molecule has 0 bridgehead atoms. The van der Waals surface area contributed by atoms with Crippen LogP contribution in [0.1, 0.15) is 32.6 Å². The Morgan fingerprint density at radius 3 is 2.11 bits per heavy atom. The first-order valence-corrected chi connectivity index (χ1v) is 12.4. The van der Waals surface area contributed by atoms with E-state index in [0.717, 1.165) is 23.9 Å². The highest BCUT2D eigenvalue weighted by molar-refractivity contribution is 7.98. The van der Waals surface area contributed by atoms with Crippen LogP contribution in [0.2, 0.25) is 0 Å². The van der Waals surface area contributed by atoms with Crippen molar-refractivity contribution in [3.05, 3.63) is 88.5 Å². The summed E-state index contributed by atoms with van der Waals surface area (Å²) in [6.45, 7) is 1.52. The summed E-state index contributed by atoms with van der Waals surface area (Å²) >= 11 is 0.923. The molecule has 36 heavy (non-hydrogen) atoms. The van der Waals surface area contributed by atoms with E-state index in [4.69, 9.17) is 0 Å². The predicted octanol–water partition coefficient (Wildman–Crippen LogP) is 6.82. The normalized spacial score (nSPS) is 12.4. The third-order valence-corrected chi connectivity index (χ3v) is 7.43. The van der Waals surface area contributed by atoms with E-state index < -0.39 is 39.5 Å². The van der Waals surface area contributed by atoms with Gasteiger partial charge in [0.05, 0.1) is 21.6 Å². The summed E-state index contributed by atoms with van der Waals surface area (Å²) in [7, 11) is -4.13. The van der Waals surface area contributed by atoms with Gasteiger partial charge in [-0.15, -0.1) is 11.8 Å². The van der Waals surface area contributed by atoms with Crippen LogP contribution in [0.5, 0.6) is 0 Å². The van der Waals surface area contributed by atoms with Crippen molar-refractivity contribution in [3.8, 4) is 0 Å². The maximum atomic E-state index is 13.3. The topological polar surface area (TPSA) is 83.5 Å². The summed E-state index contributed by atoms with van der Waals surface area (Å²) in [4.78, 5) is 11.4. The van der Waals surface area contributed by atoms with Gasteiger partial charge in [0.1, 0.15) is 0 Å². The van der Waals surface area contributed by atoms with E-state index in [-0.39, 0.29) is 33.5 Å². The number of halogens is 6. The number of carboxylic acid groups (broad SMARTS) is 1. The van der Waals surface area contributed by atoms with Gasteiger partial charge >= 0.3 is 18.3 Å². The van der Waals surface area contributed by atoms with Crippen LogP contribution in [0.3, 0.4) is 0 Å². The maximum absolute atomic E-state index is 13.3. The van der Waals surface area contributed by atoms with E-state index in [2.05, 4.69) is 4.72 Å². The molecule has 0 aliphatic carbocycles. The lowest BCUT2D eigenvalue weighted by Gasteiger charge is -2.16. The fraction of sp³-hybridized carbons (Fsp3) is 0.174. The van der Waals surface area contributed by atoms with Gasteiger partial charge in [-0.05, 0) is 66.6 Å². The Morgan fingerprint density at radius 1 is 0.917 bits per heavy atom. The second-order valence-electron chi connectivity index (χ2n) is 7.57. The molecule has 0 unspecified atom stereocenters. The van der Waals surface area contributed by atoms with Crippen LogP contribution in [0.4, 0.5) is 32.0 Å². The molecule has 3 aromatic carbocycles. The second kappa shape index (κ2) is 10.1. The molecule has 0 saturated heterocycles. The Morgan fingerprint density at radius 2 is 1.56 bits per heavy atom. The molecule has 0 atom stereocenters. The number of hydrogen-bond acceptors (Lipinski definition) is 4. The van der Waals surface area contributed by atoms with Gasteiger partial charge in [0.2, 0.25) is 0 Å². The van der Waals surface area contributed by atoms with Gasteiger partial charge in [-0.25, -0.2) is 13.2 Å². The number of aromatic carboxylic acids is 1. The van der Waals surface area contributed by atoms with Gasteiger partial charge in [-0.2, -0.15) is 26.3 Å². The minimum atomic E-state index is -4.98. The van der Waals surface area contributed by atoms with E-state index in [1.807, 2.05) is 0 Å². The Balaban J connectivity index is 1.75. The van der Waals surface area contributed by atoms with Crippen LogP contribution < -0.4 is 4.72 Å². The van der Waals surface area contributed by atoms with E-state index in [1.165, 1.54) is 43.3 Å². The number of thioether (sulfide) groups is 1. The van der Waals surface area contributed by atoms with Crippen molar-refractivity contribution < 1.29 is 44.7 Å². The molecule has 192 valence electrons. The lowest BCUT2D eigenvalue weighted by atomic mass is 10.0. The SMILES string of the molecule is Cc1ccc(S(=O)(=O)Nc2ccc(SCc3ccc(C(F)(F)F)cc3C(F)(F)F)cc2)cc1C(=O)O. The molecular formula is C23H17F6NO4S2. The molecule has 5 nitrogen and oxygen atoms in total. The van der Waals surface area contributed by atoms with Crippen LogP contribution in [0.25, 0.3) is 0 Å². The number of carbonyl (C=O) groups is 1. The number of aryl methyl sites for hydroxylation is 1. The minimum Gasteiger partial charge on any atom is -0.478 e. The molecular weight excluding hydrogens is 532 g/mol. The average Bonchev–Trinajstić information content (AvgIpc) is 2.77. The predicted molar refractivity (Wildman–Crippen MR) is 121 cm³/mol. The van der Waals surface area contributed by atoms with Crippen molar-refractivity contribution in [2.75, 3.05) is 4.72 Å². The van der Waals surface area contributed by atoms with Crippen molar-refractivity contribution in [1.29, 1.82) is 0 Å². The molecule has 0 saturated carbocycles. The van der Waals surface area contributed by atoms with Gasteiger partial charge in [0.15, 0.2) is 0 Å². The number of alkyl halides is 6. The molecule has 13 heteroatoms.